The first-order chi connectivity index (χ1) is 16.2. The first-order valence-electron chi connectivity index (χ1n) is 11.4. The Hall–Kier alpha value is -3.81. The van der Waals surface area contributed by atoms with Gasteiger partial charge in [0, 0.05) is 42.2 Å². The third kappa shape index (κ3) is 5.06. The first-order valence-corrected chi connectivity index (χ1v) is 11.4. The first kappa shape index (κ1) is 24.8. The summed E-state index contributed by atoms with van der Waals surface area (Å²) in [5, 5.41) is 27.2. The van der Waals surface area contributed by atoms with E-state index in [1.807, 2.05) is 53.0 Å². The van der Waals surface area contributed by atoms with Gasteiger partial charge in [0.25, 0.3) is 5.91 Å². The number of amides is 1. The smallest absolute Gasteiger partial charge is 0.259 e. The van der Waals surface area contributed by atoms with Crippen LogP contribution in [0.15, 0.2) is 36.5 Å². The normalized spacial score (nSPS) is 13.7. The summed E-state index contributed by atoms with van der Waals surface area (Å²) in [6, 6.07) is 9.37. The minimum atomic E-state index is -0.146. The maximum absolute atomic E-state index is 13.5. The van der Waals surface area contributed by atoms with Gasteiger partial charge in [-0.25, -0.2) is 4.98 Å². The standard InChI is InChI=1S/C26H33N7O/c1-16(2)30-14-20(13-27)21-12-22-19(11-18(21)5)9-10-32(26(22)34)24-8-6-7-23(31-24)25(29)33(15-28)17(3)4/h6-8,11-17,27-30H,9-10H2,1-5H3/b20-14+,27-13?,28-15?,29-25?. The number of pyridine rings is 1. The van der Waals surface area contributed by atoms with Crippen LogP contribution < -0.4 is 10.2 Å². The molecule has 2 aromatic rings. The Morgan fingerprint density at radius 2 is 1.94 bits per heavy atom. The summed E-state index contributed by atoms with van der Waals surface area (Å²) in [6.07, 6.45) is 4.93. The molecule has 1 amide bonds. The van der Waals surface area contributed by atoms with Crippen molar-refractivity contribution in [3.05, 3.63) is 64.5 Å². The van der Waals surface area contributed by atoms with Gasteiger partial charge in [-0.05, 0) is 75.9 Å². The number of amidine groups is 1. The molecule has 1 aromatic heterocycles. The maximum Gasteiger partial charge on any atom is 0.259 e. The number of benzene rings is 1. The predicted octanol–water partition coefficient (Wildman–Crippen LogP) is 4.22. The van der Waals surface area contributed by atoms with Crippen LogP contribution in [0.3, 0.4) is 0 Å². The van der Waals surface area contributed by atoms with E-state index in [1.165, 1.54) is 11.1 Å². The van der Waals surface area contributed by atoms with Crippen molar-refractivity contribution in [2.24, 2.45) is 0 Å². The second kappa shape index (κ2) is 10.4. The molecule has 8 nitrogen and oxygen atoms in total. The number of anilines is 1. The molecule has 1 aliphatic rings. The Labute approximate surface area is 201 Å². The second-order valence-corrected chi connectivity index (χ2v) is 8.96. The van der Waals surface area contributed by atoms with E-state index in [0.717, 1.165) is 23.0 Å². The van der Waals surface area contributed by atoms with Gasteiger partial charge in [-0.2, -0.15) is 0 Å². The number of allylic oxidation sites excluding steroid dienone is 1. The number of aromatic nitrogens is 1. The van der Waals surface area contributed by atoms with E-state index in [4.69, 9.17) is 16.2 Å². The molecule has 0 atom stereocenters. The van der Waals surface area contributed by atoms with Gasteiger partial charge in [-0.15, -0.1) is 0 Å². The third-order valence-electron chi connectivity index (χ3n) is 5.78. The molecule has 1 aromatic carbocycles. The number of nitrogens with one attached hydrogen (secondary N) is 4. The number of hydrogen-bond acceptors (Lipinski definition) is 6. The number of fused-ring (bicyclic) bond motifs is 1. The van der Waals surface area contributed by atoms with Gasteiger partial charge >= 0.3 is 0 Å². The average molecular weight is 460 g/mol. The van der Waals surface area contributed by atoms with E-state index in [-0.39, 0.29) is 23.8 Å². The molecule has 0 aliphatic carbocycles. The van der Waals surface area contributed by atoms with Crippen LogP contribution in [0.5, 0.6) is 0 Å². The lowest BCUT2D eigenvalue weighted by Crippen LogP contribution is -2.39. The number of aryl methyl sites for hydroxylation is 1. The minimum Gasteiger partial charge on any atom is -0.388 e. The molecule has 0 saturated heterocycles. The van der Waals surface area contributed by atoms with Crippen LogP contribution in [0, 0.1) is 23.2 Å². The van der Waals surface area contributed by atoms with Crippen molar-refractivity contribution in [3.8, 4) is 0 Å². The molecule has 0 fully saturated rings. The van der Waals surface area contributed by atoms with Crippen molar-refractivity contribution in [1.82, 2.24) is 15.2 Å². The quantitative estimate of drug-likeness (QED) is 0.349. The van der Waals surface area contributed by atoms with Gasteiger partial charge in [0.2, 0.25) is 0 Å². The van der Waals surface area contributed by atoms with Crippen LogP contribution in [0.25, 0.3) is 5.57 Å². The van der Waals surface area contributed by atoms with Crippen molar-refractivity contribution in [3.63, 3.8) is 0 Å². The van der Waals surface area contributed by atoms with Crippen molar-refractivity contribution < 1.29 is 4.79 Å². The molecule has 8 heteroatoms. The summed E-state index contributed by atoms with van der Waals surface area (Å²) >= 11 is 0. The SMILES string of the molecule is Cc1cc2c(cc1/C(C=N)=C/NC(C)C)C(=O)N(c1cccc(C(=N)N(C=N)C(C)C)n1)CC2. The zero-order valence-corrected chi connectivity index (χ0v) is 20.4. The zero-order valence-electron chi connectivity index (χ0n) is 20.4. The average Bonchev–Trinajstić information content (AvgIpc) is 2.80. The highest BCUT2D eigenvalue weighted by Gasteiger charge is 2.28. The summed E-state index contributed by atoms with van der Waals surface area (Å²) in [4.78, 5) is 21.3. The van der Waals surface area contributed by atoms with Gasteiger partial charge in [0.15, 0.2) is 5.84 Å². The number of carbonyl (C=O) groups excluding carboxylic acids is 1. The lowest BCUT2D eigenvalue weighted by Gasteiger charge is -2.29. The number of carbonyl (C=O) groups is 1. The number of nitrogens with zero attached hydrogens (tertiary/aromatic N) is 3. The molecular weight excluding hydrogens is 426 g/mol. The minimum absolute atomic E-state index is 0.0538. The van der Waals surface area contributed by atoms with Crippen molar-refractivity contribution in [2.45, 2.75) is 53.1 Å². The van der Waals surface area contributed by atoms with Crippen LogP contribution in [-0.2, 0) is 6.42 Å². The van der Waals surface area contributed by atoms with Gasteiger partial charge < -0.3 is 15.6 Å². The van der Waals surface area contributed by atoms with Crippen molar-refractivity contribution in [2.75, 3.05) is 11.4 Å². The second-order valence-electron chi connectivity index (χ2n) is 8.96. The zero-order chi connectivity index (χ0) is 25.0. The molecule has 0 radical (unpaired) electrons. The monoisotopic (exact) mass is 459 g/mol. The molecule has 4 N–H and O–H groups in total. The summed E-state index contributed by atoms with van der Waals surface area (Å²) in [6.45, 7) is 10.4. The van der Waals surface area contributed by atoms with Crippen LogP contribution in [0.1, 0.15) is 60.4 Å². The van der Waals surface area contributed by atoms with Crippen molar-refractivity contribution in [1.29, 1.82) is 16.2 Å². The molecule has 3 rings (SSSR count). The molecule has 2 heterocycles. The topological polar surface area (TPSA) is 120 Å². The lowest BCUT2D eigenvalue weighted by molar-refractivity contribution is 0.0980. The van der Waals surface area contributed by atoms with Crippen LogP contribution in [-0.4, -0.2) is 52.8 Å². The van der Waals surface area contributed by atoms with Crippen LogP contribution in [0.4, 0.5) is 5.82 Å². The summed E-state index contributed by atoms with van der Waals surface area (Å²) in [7, 11) is 0. The maximum atomic E-state index is 13.5. The van der Waals surface area contributed by atoms with E-state index >= 15 is 0 Å². The van der Waals surface area contributed by atoms with Crippen LogP contribution in [0.2, 0.25) is 0 Å². The molecule has 0 spiro atoms. The Morgan fingerprint density at radius 3 is 2.56 bits per heavy atom. The molecule has 178 valence electrons. The number of hydrogen-bond donors (Lipinski definition) is 4. The fourth-order valence-electron chi connectivity index (χ4n) is 3.95. The molecular formula is C26H33N7O. The van der Waals surface area contributed by atoms with E-state index in [1.54, 1.807) is 23.1 Å². The number of rotatable bonds is 8. The summed E-state index contributed by atoms with van der Waals surface area (Å²) in [5.74, 6) is 0.457. The van der Waals surface area contributed by atoms with Crippen molar-refractivity contribution >= 4 is 35.7 Å². The van der Waals surface area contributed by atoms with Gasteiger partial charge in [0.05, 0.1) is 6.34 Å². The summed E-state index contributed by atoms with van der Waals surface area (Å²) in [5.41, 5.74) is 4.59. The Bertz CT molecular complexity index is 1150. The molecule has 0 unspecified atom stereocenters. The van der Waals surface area contributed by atoms with Gasteiger partial charge in [-0.3, -0.25) is 20.5 Å². The highest BCUT2D eigenvalue weighted by atomic mass is 16.2. The third-order valence-corrected chi connectivity index (χ3v) is 5.78. The Morgan fingerprint density at radius 1 is 1.21 bits per heavy atom. The molecule has 1 aliphatic heterocycles. The molecule has 0 bridgehead atoms. The lowest BCUT2D eigenvalue weighted by atomic mass is 9.91. The largest absolute Gasteiger partial charge is 0.388 e. The molecule has 34 heavy (non-hydrogen) atoms. The Balaban J connectivity index is 1.97. The Kier molecular flexibility index (Phi) is 7.61. The van der Waals surface area contributed by atoms with E-state index in [9.17, 15) is 4.79 Å². The van der Waals surface area contributed by atoms with E-state index in [2.05, 4.69) is 10.3 Å². The fraction of sp³-hybridized carbons (Fsp3) is 0.346. The molecule has 0 saturated carbocycles. The van der Waals surface area contributed by atoms with E-state index in [0.29, 0.717) is 35.6 Å². The van der Waals surface area contributed by atoms with Gasteiger partial charge in [-0.1, -0.05) is 12.1 Å². The van der Waals surface area contributed by atoms with Crippen LogP contribution >= 0.6 is 0 Å². The van der Waals surface area contributed by atoms with E-state index < -0.39 is 0 Å². The fourth-order valence-corrected chi connectivity index (χ4v) is 3.95. The summed E-state index contributed by atoms with van der Waals surface area (Å²) < 4.78 is 0. The highest BCUT2D eigenvalue weighted by Crippen LogP contribution is 2.29. The predicted molar refractivity (Wildman–Crippen MR) is 138 cm³/mol. The van der Waals surface area contributed by atoms with Gasteiger partial charge in [0.1, 0.15) is 11.5 Å². The highest BCUT2D eigenvalue weighted by molar-refractivity contribution is 6.12.